The number of benzene rings is 1. The van der Waals surface area contributed by atoms with E-state index in [9.17, 15) is 13.6 Å². The zero-order valence-corrected chi connectivity index (χ0v) is 13.1. The number of nitrogens with one attached hydrogen (secondary N) is 1. The molecule has 0 aliphatic rings. The Kier molecular flexibility index (Phi) is 4.16. The van der Waals surface area contributed by atoms with Gasteiger partial charge in [0.1, 0.15) is 17.2 Å². The molecule has 3 aromatic rings. The van der Waals surface area contributed by atoms with Crippen LogP contribution in [0.4, 0.5) is 14.5 Å². The van der Waals surface area contributed by atoms with Gasteiger partial charge in [-0.25, -0.2) is 18.4 Å². The fourth-order valence-electron chi connectivity index (χ4n) is 1.93. The molecule has 116 valence electrons. The van der Waals surface area contributed by atoms with Crippen LogP contribution in [0.5, 0.6) is 0 Å². The van der Waals surface area contributed by atoms with Gasteiger partial charge in [-0.3, -0.25) is 4.79 Å². The van der Waals surface area contributed by atoms with Gasteiger partial charge in [-0.15, -0.1) is 0 Å². The van der Waals surface area contributed by atoms with Gasteiger partial charge in [-0.05, 0) is 40.2 Å². The number of halogens is 3. The smallest absolute Gasteiger partial charge is 0.261 e. The first-order valence-electron chi connectivity index (χ1n) is 6.46. The molecule has 1 N–H and O–H groups in total. The van der Waals surface area contributed by atoms with E-state index >= 15 is 0 Å². The van der Waals surface area contributed by atoms with Crippen molar-refractivity contribution in [3.05, 3.63) is 70.6 Å². The highest BCUT2D eigenvalue weighted by molar-refractivity contribution is 9.10. The molecule has 0 saturated heterocycles. The summed E-state index contributed by atoms with van der Waals surface area (Å²) in [5.74, 6) is -2.19. The van der Waals surface area contributed by atoms with Gasteiger partial charge in [0.15, 0.2) is 5.82 Å². The van der Waals surface area contributed by atoms with Crippen LogP contribution < -0.4 is 5.32 Å². The average Bonchev–Trinajstić information content (AvgIpc) is 2.94. The number of carbonyl (C=O) groups is 1. The molecule has 0 bridgehead atoms. The van der Waals surface area contributed by atoms with Crippen molar-refractivity contribution < 1.29 is 13.6 Å². The molecule has 0 aliphatic carbocycles. The largest absolute Gasteiger partial charge is 0.320 e. The molecule has 0 fully saturated rings. The van der Waals surface area contributed by atoms with E-state index in [1.165, 1.54) is 16.9 Å². The van der Waals surface area contributed by atoms with Crippen LogP contribution in [-0.4, -0.2) is 20.7 Å². The number of aromatic nitrogens is 3. The van der Waals surface area contributed by atoms with Gasteiger partial charge in [-0.1, -0.05) is 6.07 Å². The summed E-state index contributed by atoms with van der Waals surface area (Å²) in [6.07, 6.45) is 4.70. The lowest BCUT2D eigenvalue weighted by molar-refractivity contribution is 0.101. The molecule has 0 radical (unpaired) electrons. The third-order valence-electron chi connectivity index (χ3n) is 2.98. The van der Waals surface area contributed by atoms with E-state index in [0.717, 1.165) is 16.6 Å². The first-order chi connectivity index (χ1) is 11.0. The third kappa shape index (κ3) is 3.26. The van der Waals surface area contributed by atoms with Crippen molar-refractivity contribution in [2.24, 2.45) is 0 Å². The molecule has 0 aliphatic heterocycles. The molecule has 0 unspecified atom stereocenters. The number of anilines is 1. The minimum Gasteiger partial charge on any atom is -0.320 e. The second-order valence-corrected chi connectivity index (χ2v) is 5.47. The van der Waals surface area contributed by atoms with Crippen LogP contribution in [0.25, 0.3) is 5.82 Å². The zero-order chi connectivity index (χ0) is 16.4. The van der Waals surface area contributed by atoms with Gasteiger partial charge >= 0.3 is 0 Å². The van der Waals surface area contributed by atoms with Crippen molar-refractivity contribution in [2.75, 3.05) is 5.32 Å². The molecule has 23 heavy (non-hydrogen) atoms. The molecule has 2 aromatic heterocycles. The molecule has 0 spiro atoms. The minimum absolute atomic E-state index is 0.313. The van der Waals surface area contributed by atoms with Crippen LogP contribution in [-0.2, 0) is 0 Å². The molecular formula is C15H9BrF2N4O. The molecule has 1 aromatic carbocycles. The Labute approximate surface area is 138 Å². The molecule has 8 heteroatoms. The van der Waals surface area contributed by atoms with Crippen molar-refractivity contribution in [1.29, 1.82) is 0 Å². The van der Waals surface area contributed by atoms with E-state index < -0.39 is 23.1 Å². The summed E-state index contributed by atoms with van der Waals surface area (Å²) in [5.41, 5.74) is -0.319. The lowest BCUT2D eigenvalue weighted by Gasteiger charge is -2.07. The monoisotopic (exact) mass is 378 g/mol. The molecule has 2 heterocycles. The molecule has 0 saturated carbocycles. The Bertz CT molecular complexity index is 844. The summed E-state index contributed by atoms with van der Waals surface area (Å²) >= 11 is 3.28. The summed E-state index contributed by atoms with van der Waals surface area (Å²) in [4.78, 5) is 16.1. The van der Waals surface area contributed by atoms with Gasteiger partial charge in [0.05, 0.1) is 22.6 Å². The lowest BCUT2D eigenvalue weighted by atomic mass is 10.2. The molecule has 1 amide bonds. The quantitative estimate of drug-likeness (QED) is 0.757. The number of amides is 1. The minimum atomic E-state index is -0.923. The van der Waals surface area contributed by atoms with Crippen LogP contribution in [0.15, 0.2) is 53.4 Å². The Hall–Kier alpha value is -2.61. The highest BCUT2D eigenvalue weighted by Gasteiger charge is 2.17. The van der Waals surface area contributed by atoms with E-state index in [2.05, 4.69) is 31.3 Å². The average molecular weight is 379 g/mol. The van der Waals surface area contributed by atoms with E-state index in [1.54, 1.807) is 24.5 Å². The number of carbonyl (C=O) groups excluding carboxylic acids is 1. The summed E-state index contributed by atoms with van der Waals surface area (Å²) in [6.45, 7) is 0. The van der Waals surface area contributed by atoms with Gasteiger partial charge in [0, 0.05) is 6.20 Å². The van der Waals surface area contributed by atoms with Crippen molar-refractivity contribution >= 4 is 27.5 Å². The maximum absolute atomic E-state index is 13.6. The Morgan fingerprint density at radius 2 is 1.87 bits per heavy atom. The number of nitrogens with zero attached hydrogens (tertiary/aromatic N) is 3. The Morgan fingerprint density at radius 1 is 1.13 bits per heavy atom. The summed E-state index contributed by atoms with van der Waals surface area (Å²) in [5, 5.41) is 6.47. The topological polar surface area (TPSA) is 59.8 Å². The predicted octanol–water partition coefficient (Wildman–Crippen LogP) is 3.56. The van der Waals surface area contributed by atoms with Crippen molar-refractivity contribution in [1.82, 2.24) is 14.8 Å². The van der Waals surface area contributed by atoms with Crippen molar-refractivity contribution in [2.45, 2.75) is 0 Å². The van der Waals surface area contributed by atoms with Crippen LogP contribution in [0.1, 0.15) is 10.4 Å². The second kappa shape index (κ2) is 6.25. The third-order valence-corrected chi connectivity index (χ3v) is 3.39. The van der Waals surface area contributed by atoms with Gasteiger partial charge in [0.25, 0.3) is 5.91 Å². The highest BCUT2D eigenvalue weighted by atomic mass is 79.9. The van der Waals surface area contributed by atoms with Crippen molar-refractivity contribution in [3.8, 4) is 5.82 Å². The fraction of sp³-hybridized carbons (Fsp3) is 0. The van der Waals surface area contributed by atoms with Gasteiger partial charge in [0.2, 0.25) is 0 Å². The Morgan fingerprint density at radius 3 is 2.43 bits per heavy atom. The normalized spacial score (nSPS) is 10.6. The van der Waals surface area contributed by atoms with Crippen LogP contribution >= 0.6 is 15.9 Å². The highest BCUT2D eigenvalue weighted by Crippen LogP contribution is 2.16. The predicted molar refractivity (Wildman–Crippen MR) is 83.4 cm³/mol. The summed E-state index contributed by atoms with van der Waals surface area (Å²) < 4.78 is 29.4. The number of rotatable bonds is 3. The molecule has 5 nitrogen and oxygen atoms in total. The Balaban J connectivity index is 1.79. The van der Waals surface area contributed by atoms with Crippen molar-refractivity contribution in [3.63, 3.8) is 0 Å². The van der Waals surface area contributed by atoms with E-state index in [-0.39, 0.29) is 0 Å². The molecule has 0 atom stereocenters. The second-order valence-electron chi connectivity index (χ2n) is 4.56. The SMILES string of the molecule is O=C(Nc1ccc(-n2cc(Br)cn2)nc1)c1c(F)cccc1F. The van der Waals surface area contributed by atoms with Gasteiger partial charge in [-0.2, -0.15) is 5.10 Å². The van der Waals surface area contributed by atoms with Crippen LogP contribution in [0.3, 0.4) is 0 Å². The maximum atomic E-state index is 13.6. The van der Waals surface area contributed by atoms with E-state index in [0.29, 0.717) is 11.5 Å². The lowest BCUT2D eigenvalue weighted by Crippen LogP contribution is -2.16. The number of hydrogen-bond donors (Lipinski definition) is 1. The first kappa shape index (κ1) is 15.3. The van der Waals surface area contributed by atoms with E-state index in [4.69, 9.17) is 0 Å². The molecule has 3 rings (SSSR count). The maximum Gasteiger partial charge on any atom is 0.261 e. The zero-order valence-electron chi connectivity index (χ0n) is 11.5. The van der Waals surface area contributed by atoms with Crippen LogP contribution in [0, 0.1) is 11.6 Å². The first-order valence-corrected chi connectivity index (χ1v) is 7.26. The number of hydrogen-bond acceptors (Lipinski definition) is 3. The summed E-state index contributed by atoms with van der Waals surface area (Å²) in [7, 11) is 0. The standard InChI is InChI=1S/C15H9BrF2N4O/c16-9-6-20-22(8-9)13-5-4-10(7-19-13)21-15(23)14-11(17)2-1-3-12(14)18/h1-8H,(H,21,23). The fourth-order valence-corrected chi connectivity index (χ4v) is 2.22. The number of pyridine rings is 1. The van der Waals surface area contributed by atoms with Crippen LogP contribution in [0.2, 0.25) is 0 Å². The summed E-state index contributed by atoms with van der Waals surface area (Å²) in [6, 6.07) is 6.42. The van der Waals surface area contributed by atoms with E-state index in [1.807, 2.05) is 0 Å². The molecular weight excluding hydrogens is 370 g/mol. The van der Waals surface area contributed by atoms with Gasteiger partial charge < -0.3 is 5.32 Å².